The van der Waals surface area contributed by atoms with Crippen molar-refractivity contribution >= 4 is 17.2 Å². The van der Waals surface area contributed by atoms with Crippen molar-refractivity contribution in [2.75, 3.05) is 11.9 Å². The number of rotatable bonds is 6. The number of nitrogens with one attached hydrogen (secondary N) is 1. The van der Waals surface area contributed by atoms with E-state index in [1.807, 2.05) is 62.4 Å². The molecule has 0 aliphatic carbocycles. The van der Waals surface area contributed by atoms with Gasteiger partial charge in [-0.3, -0.25) is 4.79 Å². The van der Waals surface area contributed by atoms with Gasteiger partial charge in [0.05, 0.1) is 29.2 Å². The number of para-hydroxylation sites is 2. The van der Waals surface area contributed by atoms with Gasteiger partial charge in [0.15, 0.2) is 11.3 Å². The fourth-order valence-corrected chi connectivity index (χ4v) is 3.44. The zero-order valence-electron chi connectivity index (χ0n) is 17.2. The van der Waals surface area contributed by atoms with Crippen LogP contribution in [0.25, 0.3) is 16.8 Å². The number of nitrogens with zero attached hydrogens (tertiary/aromatic N) is 4. The van der Waals surface area contributed by atoms with Gasteiger partial charge in [-0.2, -0.15) is 5.10 Å². The van der Waals surface area contributed by atoms with Crippen molar-refractivity contribution in [3.05, 3.63) is 71.7 Å². The molecule has 0 saturated heterocycles. The lowest BCUT2D eigenvalue weighted by molar-refractivity contribution is 0.101. The molecule has 0 saturated carbocycles. The Labute approximate surface area is 174 Å². The van der Waals surface area contributed by atoms with Crippen LogP contribution in [0, 0.1) is 6.92 Å². The highest BCUT2D eigenvalue weighted by Gasteiger charge is 2.21. The van der Waals surface area contributed by atoms with Crippen molar-refractivity contribution < 1.29 is 9.53 Å². The van der Waals surface area contributed by atoms with Gasteiger partial charge < -0.3 is 10.1 Å². The van der Waals surface area contributed by atoms with Crippen LogP contribution < -0.4 is 10.1 Å². The molecule has 4 rings (SSSR count). The summed E-state index contributed by atoms with van der Waals surface area (Å²) in [6.45, 7) is 6.28. The molecule has 0 atom stereocenters. The van der Waals surface area contributed by atoms with E-state index in [4.69, 9.17) is 9.84 Å². The maximum Gasteiger partial charge on any atom is 0.278 e. The van der Waals surface area contributed by atoms with Gasteiger partial charge in [0.1, 0.15) is 5.75 Å². The van der Waals surface area contributed by atoms with Crippen LogP contribution >= 0.6 is 0 Å². The van der Waals surface area contributed by atoms with E-state index in [9.17, 15) is 4.79 Å². The summed E-state index contributed by atoms with van der Waals surface area (Å²) >= 11 is 0. The number of benzene rings is 2. The zero-order chi connectivity index (χ0) is 21.1. The van der Waals surface area contributed by atoms with E-state index in [0.717, 1.165) is 23.2 Å². The predicted molar refractivity (Wildman–Crippen MR) is 116 cm³/mol. The second-order valence-corrected chi connectivity index (χ2v) is 6.79. The number of amides is 1. The first-order valence-corrected chi connectivity index (χ1v) is 9.97. The first-order valence-electron chi connectivity index (χ1n) is 9.97. The first kappa shape index (κ1) is 19.6. The van der Waals surface area contributed by atoms with Crippen molar-refractivity contribution in [2.24, 2.45) is 0 Å². The van der Waals surface area contributed by atoms with Crippen molar-refractivity contribution in [2.45, 2.75) is 27.2 Å². The van der Waals surface area contributed by atoms with E-state index in [1.54, 1.807) is 10.6 Å². The number of hydrogen-bond acceptors (Lipinski definition) is 5. The molecule has 7 heteroatoms. The molecule has 0 fully saturated rings. The average molecular weight is 401 g/mol. The quantitative estimate of drug-likeness (QED) is 0.521. The van der Waals surface area contributed by atoms with Gasteiger partial charge in [0.2, 0.25) is 0 Å². The van der Waals surface area contributed by atoms with Crippen LogP contribution in [0.3, 0.4) is 0 Å². The summed E-state index contributed by atoms with van der Waals surface area (Å²) in [7, 11) is 0. The third kappa shape index (κ3) is 3.50. The average Bonchev–Trinajstić information content (AvgIpc) is 3.16. The Bertz CT molecular complexity index is 1200. The minimum atomic E-state index is -0.358. The smallest absolute Gasteiger partial charge is 0.278 e. The largest absolute Gasteiger partial charge is 0.492 e. The van der Waals surface area contributed by atoms with Gasteiger partial charge in [-0.25, -0.2) is 4.52 Å². The summed E-state index contributed by atoms with van der Waals surface area (Å²) in [6.07, 6.45) is 0.746. The minimum Gasteiger partial charge on any atom is -0.492 e. The van der Waals surface area contributed by atoms with Crippen molar-refractivity contribution in [3.8, 4) is 16.9 Å². The van der Waals surface area contributed by atoms with Gasteiger partial charge in [-0.15, -0.1) is 10.2 Å². The summed E-state index contributed by atoms with van der Waals surface area (Å²) in [5, 5.41) is 16.2. The number of carbonyl (C=O) groups excluding carboxylic acids is 1. The number of hydrogen-bond donors (Lipinski definition) is 1. The molecule has 2 aromatic heterocycles. The Hall–Kier alpha value is -3.74. The monoisotopic (exact) mass is 401 g/mol. The van der Waals surface area contributed by atoms with Crippen LogP contribution in [0.1, 0.15) is 35.7 Å². The van der Waals surface area contributed by atoms with Crippen LogP contribution in [0.15, 0.2) is 54.6 Å². The fourth-order valence-electron chi connectivity index (χ4n) is 3.44. The summed E-state index contributed by atoms with van der Waals surface area (Å²) < 4.78 is 7.29. The lowest BCUT2D eigenvalue weighted by Crippen LogP contribution is -2.19. The summed E-state index contributed by atoms with van der Waals surface area (Å²) in [4.78, 5) is 13.0. The molecule has 7 nitrogen and oxygen atoms in total. The highest BCUT2D eigenvalue weighted by Crippen LogP contribution is 2.29. The molecule has 0 spiro atoms. The van der Waals surface area contributed by atoms with Crippen molar-refractivity contribution in [1.82, 2.24) is 19.8 Å². The number of anilines is 1. The van der Waals surface area contributed by atoms with Crippen molar-refractivity contribution in [3.63, 3.8) is 0 Å². The van der Waals surface area contributed by atoms with Gasteiger partial charge in [0.25, 0.3) is 5.91 Å². The second kappa shape index (κ2) is 8.32. The van der Waals surface area contributed by atoms with E-state index >= 15 is 0 Å². The Balaban J connectivity index is 1.75. The van der Waals surface area contributed by atoms with E-state index in [0.29, 0.717) is 29.4 Å². The molecule has 1 amide bonds. The van der Waals surface area contributed by atoms with Gasteiger partial charge in [0, 0.05) is 0 Å². The van der Waals surface area contributed by atoms with Crippen LogP contribution in [-0.4, -0.2) is 32.3 Å². The van der Waals surface area contributed by atoms with Gasteiger partial charge >= 0.3 is 0 Å². The maximum absolute atomic E-state index is 13.0. The first-order chi connectivity index (χ1) is 14.6. The number of aromatic nitrogens is 4. The molecule has 2 aromatic carbocycles. The number of fused-ring (bicyclic) bond motifs is 1. The molecular formula is C23H23N5O2. The molecule has 4 aromatic rings. The normalized spacial score (nSPS) is 10.9. The fraction of sp³-hybridized carbons (Fsp3) is 0.217. The maximum atomic E-state index is 13.0. The minimum absolute atomic E-state index is 0.221. The Kier molecular flexibility index (Phi) is 5.43. The summed E-state index contributed by atoms with van der Waals surface area (Å²) in [5.41, 5.74) is 4.97. The van der Waals surface area contributed by atoms with Crippen LogP contribution in [0.2, 0.25) is 0 Å². The van der Waals surface area contributed by atoms with Gasteiger partial charge in [-0.05, 0) is 38.0 Å². The van der Waals surface area contributed by atoms with Crippen LogP contribution in [0.4, 0.5) is 5.69 Å². The third-order valence-electron chi connectivity index (χ3n) is 4.89. The van der Waals surface area contributed by atoms with Crippen LogP contribution in [-0.2, 0) is 6.42 Å². The number of carbonyl (C=O) groups is 1. The van der Waals surface area contributed by atoms with Gasteiger partial charge in [-0.1, -0.05) is 49.4 Å². The summed E-state index contributed by atoms with van der Waals surface area (Å²) in [5.74, 6) is 0.252. The third-order valence-corrected chi connectivity index (χ3v) is 4.89. The number of aryl methyl sites for hydroxylation is 2. The molecule has 0 radical (unpaired) electrons. The summed E-state index contributed by atoms with van der Waals surface area (Å²) in [6, 6.07) is 17.3. The number of ether oxygens (including phenoxy) is 1. The van der Waals surface area contributed by atoms with E-state index < -0.39 is 0 Å². The van der Waals surface area contributed by atoms with E-state index in [1.165, 1.54) is 0 Å². The van der Waals surface area contributed by atoms with Crippen LogP contribution in [0.5, 0.6) is 5.75 Å². The van der Waals surface area contributed by atoms with E-state index in [2.05, 4.69) is 22.4 Å². The topological polar surface area (TPSA) is 81.4 Å². The molecule has 30 heavy (non-hydrogen) atoms. The highest BCUT2D eigenvalue weighted by atomic mass is 16.5. The lowest BCUT2D eigenvalue weighted by atomic mass is 10.0. The lowest BCUT2D eigenvalue weighted by Gasteiger charge is -2.12. The molecule has 0 bridgehead atoms. The molecule has 0 aliphatic heterocycles. The molecule has 1 N–H and O–H groups in total. The molecule has 0 unspecified atom stereocenters. The Morgan fingerprint density at radius 2 is 1.77 bits per heavy atom. The standard InChI is InChI=1S/C23H23N5O2/c1-4-17-20(16-11-7-6-8-12-16)22-26-25-21(15(3)28(22)27-17)23(29)24-18-13-9-10-14-19(18)30-5-2/h6-14H,4-5H2,1-3H3,(H,24,29). The molecular weight excluding hydrogens is 378 g/mol. The predicted octanol–water partition coefficient (Wildman–Crippen LogP) is 4.31. The van der Waals surface area contributed by atoms with E-state index in [-0.39, 0.29) is 11.6 Å². The molecule has 152 valence electrons. The molecule has 2 heterocycles. The zero-order valence-corrected chi connectivity index (χ0v) is 17.2. The SMILES string of the molecule is CCOc1ccccc1NC(=O)c1nnc2c(-c3ccccc3)c(CC)nn2c1C. The Morgan fingerprint density at radius 3 is 2.50 bits per heavy atom. The Morgan fingerprint density at radius 1 is 1.03 bits per heavy atom. The highest BCUT2D eigenvalue weighted by molar-refractivity contribution is 6.04. The second-order valence-electron chi connectivity index (χ2n) is 6.79. The van der Waals surface area contributed by atoms with Crippen molar-refractivity contribution in [1.29, 1.82) is 0 Å². The molecule has 0 aliphatic rings.